The fraction of sp³-hybridized carbons (Fsp3) is 0.364. The van der Waals surface area contributed by atoms with Gasteiger partial charge in [0, 0.05) is 0 Å². The fourth-order valence-electron chi connectivity index (χ4n) is 1.56. The number of hydrogen-bond acceptors (Lipinski definition) is 3. The van der Waals surface area contributed by atoms with Gasteiger partial charge in [-0.1, -0.05) is 17.0 Å². The Kier molecular flexibility index (Phi) is 7.55. The molecule has 6 nitrogen and oxygen atoms in total. The summed E-state index contributed by atoms with van der Waals surface area (Å²) in [6.07, 6.45) is 0. The van der Waals surface area contributed by atoms with Crippen molar-refractivity contribution in [3.05, 3.63) is 24.3 Å². The van der Waals surface area contributed by atoms with Crippen LogP contribution in [0.5, 0.6) is 0 Å². The van der Waals surface area contributed by atoms with Crippen LogP contribution in [0.4, 0.5) is 42.4 Å². The van der Waals surface area contributed by atoms with E-state index in [9.17, 15) is 42.4 Å². The number of hydrogen-bond donors (Lipinski definition) is 0. The van der Waals surface area contributed by atoms with Gasteiger partial charge in [0.05, 0.1) is 28.2 Å². The molecule has 29 heavy (non-hydrogen) atoms. The molecule has 0 aliphatic rings. The number of fused-ring (bicyclic) bond motifs is 1. The van der Waals surface area contributed by atoms with Gasteiger partial charge in [-0.05, 0) is 17.3 Å². The third kappa shape index (κ3) is 16.4. The van der Waals surface area contributed by atoms with E-state index in [0.29, 0.717) is 6.02 Å². The molecule has 0 radical (unpaired) electrons. The second-order valence-corrected chi connectivity index (χ2v) is 7.48. The fourth-order valence-corrected chi connectivity index (χ4v) is 1.56. The molecule has 1 aromatic carbocycles. The Balaban J connectivity index is 0.000000543. The van der Waals surface area contributed by atoms with Gasteiger partial charge in [0.1, 0.15) is 11.0 Å². The third-order valence-electron chi connectivity index (χ3n) is 2.25. The SMILES string of the molecule is CN(C)C(On1nnc2ccccc21)=[N+](C)C.F[B-](F)(F)F.F[P-](F)(F)(F)(F)F. The summed E-state index contributed by atoms with van der Waals surface area (Å²) >= 11 is 0. The van der Waals surface area contributed by atoms with Crippen molar-refractivity contribution in [3.63, 3.8) is 0 Å². The van der Waals surface area contributed by atoms with Crippen molar-refractivity contribution < 1.29 is 51.9 Å². The average Bonchev–Trinajstić information content (AvgIpc) is 2.82. The number of rotatable bonds is 1. The normalized spacial score (nSPS) is 13.7. The van der Waals surface area contributed by atoms with Crippen LogP contribution in [0.3, 0.4) is 0 Å². The first-order chi connectivity index (χ1) is 12.5. The molecule has 1 heterocycles. The molecule has 0 fully saturated rings. The van der Waals surface area contributed by atoms with E-state index >= 15 is 0 Å². The van der Waals surface area contributed by atoms with Gasteiger partial charge in [-0.2, -0.15) is 0 Å². The quantitative estimate of drug-likeness (QED) is 0.152. The summed E-state index contributed by atoms with van der Waals surface area (Å²) in [5, 5.41) is 8.00. The molecule has 0 N–H and O–H groups in total. The monoisotopic (exact) mass is 466 g/mol. The number of aromatic nitrogens is 3. The molecule has 170 valence electrons. The molecule has 0 unspecified atom stereocenters. The molecule has 0 saturated heterocycles. The van der Waals surface area contributed by atoms with E-state index in [1.807, 2.05) is 61.9 Å². The van der Waals surface area contributed by atoms with Crippen LogP contribution in [-0.4, -0.2) is 66.1 Å². The van der Waals surface area contributed by atoms with Gasteiger partial charge in [-0.3, -0.25) is 4.84 Å². The molecule has 0 bridgehead atoms. The molecule has 0 aliphatic heterocycles. The van der Waals surface area contributed by atoms with Gasteiger partial charge >= 0.3 is 46.3 Å². The Bertz CT molecular complexity index is 828. The first-order valence-electron chi connectivity index (χ1n) is 7.18. The second-order valence-electron chi connectivity index (χ2n) is 5.57. The minimum absolute atomic E-state index is 0.681. The molecule has 0 saturated carbocycles. The predicted molar refractivity (Wildman–Crippen MR) is 88.7 cm³/mol. The van der Waals surface area contributed by atoms with Crippen molar-refractivity contribution in [2.75, 3.05) is 28.2 Å². The first-order valence-corrected chi connectivity index (χ1v) is 9.21. The molecule has 1 aromatic heterocycles. The topological polar surface area (TPSA) is 46.2 Å². The summed E-state index contributed by atoms with van der Waals surface area (Å²) in [6.45, 7) is 0. The van der Waals surface area contributed by atoms with Crippen molar-refractivity contribution >= 4 is 32.1 Å². The van der Waals surface area contributed by atoms with Gasteiger partial charge in [0.25, 0.3) is 0 Å². The molecule has 2 aromatic rings. The van der Waals surface area contributed by atoms with Crippen LogP contribution in [0.15, 0.2) is 24.3 Å². The Morgan fingerprint density at radius 2 is 1.41 bits per heavy atom. The molecule has 0 amide bonds. The van der Waals surface area contributed by atoms with E-state index in [0.717, 1.165) is 11.0 Å². The molecule has 2 rings (SSSR count). The molecule has 0 spiro atoms. The molecule has 0 atom stereocenters. The van der Waals surface area contributed by atoms with E-state index in [2.05, 4.69) is 10.3 Å². The van der Waals surface area contributed by atoms with Crippen LogP contribution >= 0.6 is 7.81 Å². The second kappa shape index (κ2) is 8.20. The van der Waals surface area contributed by atoms with Gasteiger partial charge in [-0.15, -0.1) is 5.10 Å². The van der Waals surface area contributed by atoms with Crippen molar-refractivity contribution in [2.24, 2.45) is 0 Å². The van der Waals surface area contributed by atoms with Crippen molar-refractivity contribution in [3.8, 4) is 0 Å². The van der Waals surface area contributed by atoms with Gasteiger partial charge in [0.15, 0.2) is 0 Å². The van der Waals surface area contributed by atoms with Crippen molar-refractivity contribution in [1.29, 1.82) is 0 Å². The maximum atomic E-state index is 9.87. The Morgan fingerprint density at radius 3 is 1.79 bits per heavy atom. The standard InChI is InChI=1S/C11H16N5O.BF4.F6P/c1-14(2)11(15(3)4)17-16-10-8-6-5-7-9(10)12-13-16;2-1(3,4)5;1-7(2,3,4,5)6/h5-8H,1-4H3;;/q+1;2*-1. The molecular formula is C11H16BF10N5OP-. The van der Waals surface area contributed by atoms with Gasteiger partial charge in [-0.25, -0.2) is 9.48 Å². The van der Waals surface area contributed by atoms with Gasteiger partial charge in [0.2, 0.25) is 0 Å². The van der Waals surface area contributed by atoms with Crippen LogP contribution in [-0.2, 0) is 0 Å². The number of para-hydroxylation sites is 1. The zero-order chi connectivity index (χ0) is 23.3. The number of halogens is 10. The zero-order valence-electron chi connectivity index (χ0n) is 15.3. The number of benzene rings is 1. The van der Waals surface area contributed by atoms with Gasteiger partial charge < -0.3 is 17.3 Å². The van der Waals surface area contributed by atoms with Crippen LogP contribution in [0.1, 0.15) is 0 Å². The summed E-state index contributed by atoms with van der Waals surface area (Å²) in [4.78, 5) is 8.99. The van der Waals surface area contributed by atoms with E-state index in [1.165, 1.54) is 4.85 Å². The van der Waals surface area contributed by atoms with Crippen LogP contribution in [0.25, 0.3) is 11.0 Å². The predicted octanol–water partition coefficient (Wildman–Crippen LogP) is 4.73. The summed E-state index contributed by atoms with van der Waals surface area (Å²) in [5.74, 6) is 0. The van der Waals surface area contributed by atoms with Crippen molar-refractivity contribution in [1.82, 2.24) is 20.1 Å². The van der Waals surface area contributed by atoms with E-state index < -0.39 is 15.1 Å². The summed E-state index contributed by atoms with van der Waals surface area (Å²) in [7, 11) is -9.01. The molecule has 18 heteroatoms. The summed E-state index contributed by atoms with van der Waals surface area (Å²) < 4.78 is 100. The number of amidine groups is 1. The van der Waals surface area contributed by atoms with Crippen LogP contribution < -0.4 is 4.84 Å². The van der Waals surface area contributed by atoms with E-state index in [4.69, 9.17) is 4.84 Å². The number of nitrogens with zero attached hydrogens (tertiary/aromatic N) is 5. The Morgan fingerprint density at radius 1 is 1.00 bits per heavy atom. The first kappa shape index (κ1) is 26.7. The Labute approximate surface area is 157 Å². The summed E-state index contributed by atoms with van der Waals surface area (Å²) in [6, 6.07) is 8.34. The van der Waals surface area contributed by atoms with Crippen molar-refractivity contribution in [2.45, 2.75) is 0 Å². The van der Waals surface area contributed by atoms with E-state index in [-0.39, 0.29) is 0 Å². The third-order valence-corrected chi connectivity index (χ3v) is 2.25. The summed E-state index contributed by atoms with van der Waals surface area (Å²) in [5.41, 5.74) is 1.65. The van der Waals surface area contributed by atoms with Crippen LogP contribution in [0, 0.1) is 0 Å². The van der Waals surface area contributed by atoms with E-state index in [1.54, 1.807) is 0 Å². The average molecular weight is 466 g/mol. The van der Waals surface area contributed by atoms with Crippen LogP contribution in [0.2, 0.25) is 0 Å². The minimum atomic E-state index is -10.7. The zero-order valence-corrected chi connectivity index (χ0v) is 16.2. The molecular weight excluding hydrogens is 450 g/mol. The Hall–Kier alpha value is -2.32. The maximum absolute atomic E-state index is 10.7. The molecule has 0 aliphatic carbocycles.